The van der Waals surface area contributed by atoms with Gasteiger partial charge in [0.15, 0.2) is 0 Å². The number of phenolic OH excluding ortho intramolecular Hbond substituents is 1. The van der Waals surface area contributed by atoms with E-state index in [1.54, 1.807) is 24.3 Å². The van der Waals surface area contributed by atoms with Crippen molar-refractivity contribution in [2.75, 3.05) is 31.6 Å². The Kier molecular flexibility index (Phi) is 2.45. The van der Waals surface area contributed by atoms with Crippen molar-refractivity contribution >= 4 is 11.8 Å². The molecule has 1 spiro atoms. The van der Waals surface area contributed by atoms with Crippen molar-refractivity contribution in [3.05, 3.63) is 24.3 Å². The minimum Gasteiger partial charge on any atom is -0.506 e. The Labute approximate surface area is 106 Å². The highest BCUT2D eigenvalue weighted by molar-refractivity contribution is 5.92. The number of likely N-dealkylation sites (tertiary alicyclic amines) is 1. The van der Waals surface area contributed by atoms with Gasteiger partial charge in [0.05, 0.1) is 12.2 Å². The SMILES string of the molecule is CN1CCC2(C1)CN(c1ccccc1O)C(=O)O2. The lowest BCUT2D eigenvalue weighted by molar-refractivity contribution is 0.0658. The van der Waals surface area contributed by atoms with Crippen molar-refractivity contribution in [3.63, 3.8) is 0 Å². The maximum atomic E-state index is 12.0. The highest BCUT2D eigenvalue weighted by Gasteiger charge is 2.49. The number of likely N-dealkylation sites (N-methyl/N-ethyl adjacent to an activating group) is 1. The van der Waals surface area contributed by atoms with Gasteiger partial charge in [-0.3, -0.25) is 4.90 Å². The van der Waals surface area contributed by atoms with Crippen molar-refractivity contribution in [2.24, 2.45) is 0 Å². The molecule has 5 heteroatoms. The van der Waals surface area contributed by atoms with Crippen LogP contribution < -0.4 is 4.90 Å². The molecule has 1 atom stereocenters. The van der Waals surface area contributed by atoms with Gasteiger partial charge in [-0.2, -0.15) is 0 Å². The number of carbonyl (C=O) groups is 1. The lowest BCUT2D eigenvalue weighted by atomic mass is 10.0. The number of para-hydroxylation sites is 2. The molecular weight excluding hydrogens is 232 g/mol. The van der Waals surface area contributed by atoms with E-state index in [-0.39, 0.29) is 11.8 Å². The summed E-state index contributed by atoms with van der Waals surface area (Å²) in [4.78, 5) is 15.6. The predicted octanol–water partition coefficient (Wildman–Crippen LogP) is 1.42. The second kappa shape index (κ2) is 3.88. The molecule has 3 rings (SSSR count). The van der Waals surface area contributed by atoms with Gasteiger partial charge in [-0.25, -0.2) is 4.79 Å². The van der Waals surface area contributed by atoms with Crippen LogP contribution in [0.2, 0.25) is 0 Å². The first kappa shape index (κ1) is 11.3. The predicted molar refractivity (Wildman–Crippen MR) is 66.8 cm³/mol. The number of aromatic hydroxyl groups is 1. The van der Waals surface area contributed by atoms with Crippen LogP contribution in [0.15, 0.2) is 24.3 Å². The highest BCUT2D eigenvalue weighted by Crippen LogP contribution is 2.37. The Morgan fingerprint density at radius 2 is 2.11 bits per heavy atom. The molecule has 2 heterocycles. The standard InChI is InChI=1S/C13H16N2O3/c1-14-7-6-13(8-14)9-15(12(17)18-13)10-4-2-3-5-11(10)16/h2-5,16H,6-9H2,1H3. The van der Waals surface area contributed by atoms with Gasteiger partial charge in [0.1, 0.15) is 11.4 Å². The number of benzene rings is 1. The van der Waals surface area contributed by atoms with E-state index < -0.39 is 5.60 Å². The quantitative estimate of drug-likeness (QED) is 0.816. The number of ether oxygens (including phenoxy) is 1. The van der Waals surface area contributed by atoms with Gasteiger partial charge >= 0.3 is 6.09 Å². The molecule has 18 heavy (non-hydrogen) atoms. The zero-order chi connectivity index (χ0) is 12.8. The molecule has 2 aliphatic rings. The van der Waals surface area contributed by atoms with Crippen LogP contribution in [0.5, 0.6) is 5.75 Å². The van der Waals surface area contributed by atoms with Crippen LogP contribution in [0, 0.1) is 0 Å². The van der Waals surface area contributed by atoms with E-state index in [4.69, 9.17) is 4.74 Å². The van der Waals surface area contributed by atoms with E-state index in [9.17, 15) is 9.90 Å². The summed E-state index contributed by atoms with van der Waals surface area (Å²) in [6.45, 7) is 2.19. The number of hydrogen-bond acceptors (Lipinski definition) is 4. The van der Waals surface area contributed by atoms with Gasteiger partial charge in [0.2, 0.25) is 0 Å². The van der Waals surface area contributed by atoms with Crippen molar-refractivity contribution in [2.45, 2.75) is 12.0 Å². The molecule has 5 nitrogen and oxygen atoms in total. The summed E-state index contributed by atoms with van der Waals surface area (Å²) in [6.07, 6.45) is 0.478. The molecule has 2 fully saturated rings. The molecule has 0 saturated carbocycles. The minimum absolute atomic E-state index is 0.109. The third kappa shape index (κ3) is 1.71. The van der Waals surface area contributed by atoms with Crippen molar-refractivity contribution < 1.29 is 14.6 Å². The summed E-state index contributed by atoms with van der Waals surface area (Å²) < 4.78 is 5.54. The fourth-order valence-corrected chi connectivity index (χ4v) is 2.76. The molecule has 0 radical (unpaired) electrons. The normalized spacial score (nSPS) is 28.1. The second-order valence-corrected chi connectivity index (χ2v) is 5.11. The lowest BCUT2D eigenvalue weighted by Gasteiger charge is -2.20. The Hall–Kier alpha value is -1.75. The Morgan fingerprint density at radius 3 is 2.78 bits per heavy atom. The molecule has 0 aromatic heterocycles. The topological polar surface area (TPSA) is 53.0 Å². The summed E-state index contributed by atoms with van der Waals surface area (Å²) in [6, 6.07) is 6.84. The molecule has 1 aromatic rings. The van der Waals surface area contributed by atoms with E-state index in [0.29, 0.717) is 12.2 Å². The van der Waals surface area contributed by atoms with Gasteiger partial charge in [-0.05, 0) is 19.2 Å². The Bertz CT molecular complexity index is 491. The van der Waals surface area contributed by atoms with E-state index in [1.165, 1.54) is 4.90 Å². The van der Waals surface area contributed by atoms with Crippen molar-refractivity contribution in [3.8, 4) is 5.75 Å². The number of anilines is 1. The van der Waals surface area contributed by atoms with Gasteiger partial charge < -0.3 is 14.7 Å². The number of phenols is 1. The van der Waals surface area contributed by atoms with E-state index >= 15 is 0 Å². The van der Waals surface area contributed by atoms with Crippen LogP contribution in [0.1, 0.15) is 6.42 Å². The molecule has 0 bridgehead atoms. The molecule has 1 amide bonds. The van der Waals surface area contributed by atoms with Gasteiger partial charge in [0, 0.05) is 19.5 Å². The maximum Gasteiger partial charge on any atom is 0.415 e. The fourth-order valence-electron chi connectivity index (χ4n) is 2.76. The van der Waals surface area contributed by atoms with Crippen LogP contribution in [0.25, 0.3) is 0 Å². The second-order valence-electron chi connectivity index (χ2n) is 5.11. The molecule has 1 aromatic carbocycles. The summed E-state index contributed by atoms with van der Waals surface area (Å²) in [5, 5.41) is 9.81. The summed E-state index contributed by atoms with van der Waals surface area (Å²) in [7, 11) is 2.02. The van der Waals surface area contributed by atoms with Crippen LogP contribution in [0.3, 0.4) is 0 Å². The highest BCUT2D eigenvalue weighted by atomic mass is 16.6. The first-order valence-electron chi connectivity index (χ1n) is 6.07. The van der Waals surface area contributed by atoms with Crippen molar-refractivity contribution in [1.82, 2.24) is 4.90 Å². The van der Waals surface area contributed by atoms with E-state index in [1.807, 2.05) is 7.05 Å². The average Bonchev–Trinajstić information content (AvgIpc) is 2.84. The number of hydrogen-bond donors (Lipinski definition) is 1. The number of carbonyl (C=O) groups excluding carboxylic acids is 1. The summed E-state index contributed by atoms with van der Waals surface area (Å²) in [5.74, 6) is 0.109. The number of rotatable bonds is 1. The van der Waals surface area contributed by atoms with Gasteiger partial charge in [0.25, 0.3) is 0 Å². The van der Waals surface area contributed by atoms with E-state index in [2.05, 4.69) is 4.90 Å². The van der Waals surface area contributed by atoms with Gasteiger partial charge in [-0.1, -0.05) is 12.1 Å². The lowest BCUT2D eigenvalue weighted by Crippen LogP contribution is -2.37. The fraction of sp³-hybridized carbons (Fsp3) is 0.462. The largest absolute Gasteiger partial charge is 0.506 e. The number of amides is 1. The Balaban J connectivity index is 1.88. The first-order chi connectivity index (χ1) is 8.60. The molecule has 1 N–H and O–H groups in total. The third-order valence-corrected chi connectivity index (χ3v) is 3.65. The molecule has 2 aliphatic heterocycles. The number of nitrogens with zero attached hydrogens (tertiary/aromatic N) is 2. The zero-order valence-corrected chi connectivity index (χ0v) is 10.3. The van der Waals surface area contributed by atoms with Crippen LogP contribution in [-0.2, 0) is 4.74 Å². The molecule has 0 aliphatic carbocycles. The molecular formula is C13H16N2O3. The first-order valence-corrected chi connectivity index (χ1v) is 6.07. The summed E-state index contributed by atoms with van der Waals surface area (Å²) in [5.41, 5.74) is 0.114. The minimum atomic E-state index is -0.409. The molecule has 1 unspecified atom stereocenters. The smallest absolute Gasteiger partial charge is 0.415 e. The third-order valence-electron chi connectivity index (χ3n) is 3.65. The summed E-state index contributed by atoms with van der Waals surface area (Å²) >= 11 is 0. The molecule has 96 valence electrons. The van der Waals surface area contributed by atoms with E-state index in [0.717, 1.165) is 19.5 Å². The zero-order valence-electron chi connectivity index (χ0n) is 10.3. The van der Waals surface area contributed by atoms with Gasteiger partial charge in [-0.15, -0.1) is 0 Å². The van der Waals surface area contributed by atoms with Crippen molar-refractivity contribution in [1.29, 1.82) is 0 Å². The van der Waals surface area contributed by atoms with Crippen LogP contribution in [0.4, 0.5) is 10.5 Å². The maximum absolute atomic E-state index is 12.0. The Morgan fingerprint density at radius 1 is 1.33 bits per heavy atom. The monoisotopic (exact) mass is 248 g/mol. The molecule has 2 saturated heterocycles. The average molecular weight is 248 g/mol. The van der Waals surface area contributed by atoms with Crippen LogP contribution >= 0.6 is 0 Å². The van der Waals surface area contributed by atoms with Crippen LogP contribution in [-0.4, -0.2) is 48.4 Å².